The molecule has 1 heterocycles. The van der Waals surface area contributed by atoms with Crippen LogP contribution in [0.25, 0.3) is 0 Å². The van der Waals surface area contributed by atoms with Gasteiger partial charge in [-0.3, -0.25) is 0 Å². The molecular formula is C14H18F3NO. The van der Waals surface area contributed by atoms with Crippen LogP contribution in [0.15, 0.2) is 18.2 Å². The molecule has 5 heteroatoms. The molecule has 2 nitrogen and oxygen atoms in total. The van der Waals surface area contributed by atoms with Gasteiger partial charge in [-0.25, -0.2) is 0 Å². The summed E-state index contributed by atoms with van der Waals surface area (Å²) >= 11 is 0. The summed E-state index contributed by atoms with van der Waals surface area (Å²) in [7, 11) is 0. The van der Waals surface area contributed by atoms with Crippen molar-refractivity contribution in [2.75, 3.05) is 11.5 Å². The Kier molecular flexibility index (Phi) is 3.76. The van der Waals surface area contributed by atoms with E-state index in [9.17, 15) is 13.2 Å². The van der Waals surface area contributed by atoms with Crippen LogP contribution in [0, 0.1) is 0 Å². The molecule has 106 valence electrons. The van der Waals surface area contributed by atoms with Crippen molar-refractivity contribution >= 4 is 5.69 Å². The highest BCUT2D eigenvalue weighted by molar-refractivity contribution is 5.61. The molecule has 0 saturated heterocycles. The zero-order valence-corrected chi connectivity index (χ0v) is 11.0. The van der Waals surface area contributed by atoms with Gasteiger partial charge in [-0.05, 0) is 50.5 Å². The SMILES string of the molecule is CC(C)N1c2ccc(C(F)(F)F)cc2CC1CCO. The van der Waals surface area contributed by atoms with E-state index in [2.05, 4.69) is 4.90 Å². The smallest absolute Gasteiger partial charge is 0.396 e. The second-order valence-electron chi connectivity index (χ2n) is 5.21. The first kappa shape index (κ1) is 14.2. The van der Waals surface area contributed by atoms with Crippen LogP contribution in [0.5, 0.6) is 0 Å². The lowest BCUT2D eigenvalue weighted by atomic mass is 10.1. The van der Waals surface area contributed by atoms with Gasteiger partial charge in [0.05, 0.1) is 5.56 Å². The predicted octanol–water partition coefficient (Wildman–Crippen LogP) is 3.23. The Morgan fingerprint density at radius 3 is 2.58 bits per heavy atom. The van der Waals surface area contributed by atoms with Crippen molar-refractivity contribution in [3.8, 4) is 0 Å². The number of fused-ring (bicyclic) bond motifs is 1. The van der Waals surface area contributed by atoms with Crippen molar-refractivity contribution in [1.82, 2.24) is 0 Å². The molecule has 0 fully saturated rings. The number of anilines is 1. The first-order chi connectivity index (χ1) is 8.84. The highest BCUT2D eigenvalue weighted by atomic mass is 19.4. The van der Waals surface area contributed by atoms with Gasteiger partial charge in [-0.2, -0.15) is 13.2 Å². The van der Waals surface area contributed by atoms with Crippen LogP contribution in [-0.4, -0.2) is 23.8 Å². The van der Waals surface area contributed by atoms with E-state index >= 15 is 0 Å². The van der Waals surface area contributed by atoms with Crippen LogP contribution in [-0.2, 0) is 12.6 Å². The number of aliphatic hydroxyl groups excluding tert-OH is 1. The summed E-state index contributed by atoms with van der Waals surface area (Å²) in [6.45, 7) is 4.07. The Hall–Kier alpha value is -1.23. The molecule has 0 amide bonds. The Morgan fingerprint density at radius 1 is 1.37 bits per heavy atom. The minimum absolute atomic E-state index is 0.0496. The molecule has 1 aromatic rings. The second kappa shape index (κ2) is 5.04. The number of nitrogens with zero attached hydrogens (tertiary/aromatic N) is 1. The molecule has 19 heavy (non-hydrogen) atoms. The van der Waals surface area contributed by atoms with E-state index in [1.54, 1.807) is 6.07 Å². The van der Waals surface area contributed by atoms with Gasteiger partial charge in [0.2, 0.25) is 0 Å². The molecule has 1 N–H and O–H groups in total. The Labute approximate surface area is 110 Å². The molecule has 1 atom stereocenters. The molecular weight excluding hydrogens is 255 g/mol. The fourth-order valence-electron chi connectivity index (χ4n) is 2.82. The molecule has 2 rings (SSSR count). The van der Waals surface area contributed by atoms with Crippen LogP contribution in [0.1, 0.15) is 31.4 Å². The third-order valence-electron chi connectivity index (χ3n) is 3.55. The van der Waals surface area contributed by atoms with Crippen LogP contribution in [0.2, 0.25) is 0 Å². The number of alkyl halides is 3. The molecule has 1 unspecified atom stereocenters. The zero-order chi connectivity index (χ0) is 14.2. The summed E-state index contributed by atoms with van der Waals surface area (Å²) in [4.78, 5) is 2.10. The molecule has 1 aromatic carbocycles. The maximum absolute atomic E-state index is 12.7. The van der Waals surface area contributed by atoms with Crippen LogP contribution in [0.3, 0.4) is 0 Å². The molecule has 1 aliphatic heterocycles. The number of aliphatic hydroxyl groups is 1. The Bertz CT molecular complexity index is 456. The standard InChI is InChI=1S/C14H18F3NO/c1-9(2)18-12(5-6-19)8-10-7-11(14(15,16)17)3-4-13(10)18/h3-4,7,9,12,19H,5-6,8H2,1-2H3. The first-order valence-electron chi connectivity index (χ1n) is 6.44. The third-order valence-corrected chi connectivity index (χ3v) is 3.55. The molecule has 1 aliphatic rings. The topological polar surface area (TPSA) is 23.5 Å². The summed E-state index contributed by atoms with van der Waals surface area (Å²) in [5, 5.41) is 9.08. The Balaban J connectivity index is 2.37. The van der Waals surface area contributed by atoms with E-state index in [-0.39, 0.29) is 18.7 Å². The van der Waals surface area contributed by atoms with Gasteiger partial charge in [0, 0.05) is 24.4 Å². The van der Waals surface area contributed by atoms with Crippen molar-refractivity contribution < 1.29 is 18.3 Å². The van der Waals surface area contributed by atoms with Gasteiger partial charge >= 0.3 is 6.18 Å². The fourth-order valence-corrected chi connectivity index (χ4v) is 2.82. The number of halogens is 3. The van der Waals surface area contributed by atoms with Gasteiger partial charge in [-0.15, -0.1) is 0 Å². The second-order valence-corrected chi connectivity index (χ2v) is 5.21. The lowest BCUT2D eigenvalue weighted by molar-refractivity contribution is -0.137. The monoisotopic (exact) mass is 273 g/mol. The van der Waals surface area contributed by atoms with E-state index < -0.39 is 11.7 Å². The highest BCUT2D eigenvalue weighted by Gasteiger charge is 2.35. The molecule has 0 aromatic heterocycles. The maximum atomic E-state index is 12.7. The van der Waals surface area contributed by atoms with Crippen molar-refractivity contribution in [3.63, 3.8) is 0 Å². The normalized spacial score (nSPS) is 19.1. The van der Waals surface area contributed by atoms with Crippen molar-refractivity contribution in [3.05, 3.63) is 29.3 Å². The summed E-state index contributed by atoms with van der Waals surface area (Å²) in [5.74, 6) is 0. The largest absolute Gasteiger partial charge is 0.416 e. The summed E-state index contributed by atoms with van der Waals surface area (Å²) in [6, 6.07) is 4.21. The van der Waals surface area contributed by atoms with E-state index in [1.165, 1.54) is 6.07 Å². The van der Waals surface area contributed by atoms with E-state index in [0.717, 1.165) is 17.3 Å². The van der Waals surface area contributed by atoms with Gasteiger partial charge in [0.1, 0.15) is 0 Å². The summed E-state index contributed by atoms with van der Waals surface area (Å²) in [6.07, 6.45) is -3.15. The van der Waals surface area contributed by atoms with Crippen molar-refractivity contribution in [1.29, 1.82) is 0 Å². The van der Waals surface area contributed by atoms with Crippen LogP contribution < -0.4 is 4.90 Å². The molecule has 0 radical (unpaired) electrons. The van der Waals surface area contributed by atoms with Gasteiger partial charge < -0.3 is 10.0 Å². The summed E-state index contributed by atoms with van der Waals surface area (Å²) < 4.78 is 38.1. The number of hydrogen-bond acceptors (Lipinski definition) is 2. The van der Waals surface area contributed by atoms with Gasteiger partial charge in [-0.1, -0.05) is 0 Å². The predicted molar refractivity (Wildman–Crippen MR) is 68.3 cm³/mol. The zero-order valence-electron chi connectivity index (χ0n) is 11.0. The van der Waals surface area contributed by atoms with E-state index in [1.807, 2.05) is 13.8 Å². The van der Waals surface area contributed by atoms with Gasteiger partial charge in [0.15, 0.2) is 0 Å². The molecule has 0 aliphatic carbocycles. The van der Waals surface area contributed by atoms with E-state index in [4.69, 9.17) is 5.11 Å². The lowest BCUT2D eigenvalue weighted by Gasteiger charge is -2.31. The van der Waals surface area contributed by atoms with Crippen molar-refractivity contribution in [2.45, 2.75) is 44.9 Å². The molecule has 0 bridgehead atoms. The third kappa shape index (κ3) is 2.71. The molecule has 0 spiro atoms. The van der Waals surface area contributed by atoms with Crippen LogP contribution >= 0.6 is 0 Å². The minimum atomic E-state index is -4.30. The summed E-state index contributed by atoms with van der Waals surface area (Å²) in [5.41, 5.74) is 0.989. The number of hydrogen-bond donors (Lipinski definition) is 1. The number of rotatable bonds is 3. The molecule has 0 saturated carbocycles. The Morgan fingerprint density at radius 2 is 2.05 bits per heavy atom. The van der Waals surface area contributed by atoms with E-state index in [0.29, 0.717) is 12.8 Å². The van der Waals surface area contributed by atoms with Gasteiger partial charge in [0.25, 0.3) is 0 Å². The highest BCUT2D eigenvalue weighted by Crippen LogP contribution is 2.39. The quantitative estimate of drug-likeness (QED) is 0.914. The minimum Gasteiger partial charge on any atom is -0.396 e. The number of benzene rings is 1. The first-order valence-corrected chi connectivity index (χ1v) is 6.44. The van der Waals surface area contributed by atoms with Crippen LogP contribution in [0.4, 0.5) is 18.9 Å². The lowest BCUT2D eigenvalue weighted by Crippen LogP contribution is -2.38. The maximum Gasteiger partial charge on any atom is 0.416 e. The average molecular weight is 273 g/mol. The average Bonchev–Trinajstić information content (AvgIpc) is 2.65. The van der Waals surface area contributed by atoms with Crippen molar-refractivity contribution in [2.24, 2.45) is 0 Å². The fraction of sp³-hybridized carbons (Fsp3) is 0.571.